The Hall–Kier alpha value is -1.29. The summed E-state index contributed by atoms with van der Waals surface area (Å²) in [5.74, 6) is -0.278. The molecule has 78 valence electrons. The molecule has 1 rings (SSSR count). The topological polar surface area (TPSA) is 40.5 Å². The molecule has 0 aliphatic rings. The summed E-state index contributed by atoms with van der Waals surface area (Å²) in [7, 11) is 1.61. The van der Waals surface area contributed by atoms with E-state index in [0.717, 1.165) is 5.56 Å². The maximum Gasteiger partial charge on any atom is 0.339 e. The fourth-order valence-corrected chi connectivity index (χ4v) is 1.27. The van der Waals surface area contributed by atoms with Crippen molar-refractivity contribution in [2.75, 3.05) is 13.7 Å². The van der Waals surface area contributed by atoms with Gasteiger partial charge in [0.05, 0.1) is 12.2 Å². The number of aryl methyl sites for hydroxylation is 1. The van der Waals surface area contributed by atoms with E-state index in [1.807, 2.05) is 17.7 Å². The number of hydrogen-bond donors (Lipinski definition) is 0. The summed E-state index contributed by atoms with van der Waals surface area (Å²) >= 11 is 0. The van der Waals surface area contributed by atoms with E-state index in [1.165, 1.54) is 0 Å². The van der Waals surface area contributed by atoms with Crippen LogP contribution in [0.1, 0.15) is 22.8 Å². The van der Waals surface area contributed by atoms with Crippen LogP contribution in [0.5, 0.6) is 0 Å². The predicted octanol–water partition coefficient (Wildman–Crippen LogP) is 1.58. The minimum atomic E-state index is -0.278. The third-order valence-electron chi connectivity index (χ3n) is 1.85. The highest BCUT2D eigenvalue weighted by atomic mass is 16.5. The molecule has 0 aromatic carbocycles. The summed E-state index contributed by atoms with van der Waals surface area (Å²) in [5.41, 5.74) is 1.50. The molecule has 0 aliphatic heterocycles. The minimum absolute atomic E-state index is 0.278. The number of esters is 1. The summed E-state index contributed by atoms with van der Waals surface area (Å²) in [6, 6.07) is 0. The van der Waals surface area contributed by atoms with Crippen molar-refractivity contribution in [3.8, 4) is 0 Å². The van der Waals surface area contributed by atoms with Crippen molar-refractivity contribution in [1.29, 1.82) is 0 Å². The average molecular weight is 197 g/mol. The Morgan fingerprint density at radius 2 is 2.21 bits per heavy atom. The van der Waals surface area contributed by atoms with Gasteiger partial charge in [0.15, 0.2) is 0 Å². The van der Waals surface area contributed by atoms with Gasteiger partial charge >= 0.3 is 5.97 Å². The number of ether oxygens (including phenoxy) is 2. The molecule has 14 heavy (non-hydrogen) atoms. The normalized spacial score (nSPS) is 10.2. The second-order valence-corrected chi connectivity index (χ2v) is 3.01. The van der Waals surface area contributed by atoms with Crippen molar-refractivity contribution in [1.82, 2.24) is 4.57 Å². The standard InChI is InChI=1S/C10H15NO3/c1-4-14-10(12)9-6-11(7-13-3)5-8(9)2/h5-6H,4,7H2,1-3H3. The summed E-state index contributed by atoms with van der Waals surface area (Å²) in [5, 5.41) is 0. The SMILES string of the molecule is CCOC(=O)c1cn(COC)cc1C. The minimum Gasteiger partial charge on any atom is -0.462 e. The molecule has 4 heteroatoms. The van der Waals surface area contributed by atoms with Crippen molar-refractivity contribution in [2.45, 2.75) is 20.6 Å². The number of carbonyl (C=O) groups is 1. The molecular weight excluding hydrogens is 182 g/mol. The van der Waals surface area contributed by atoms with Crippen molar-refractivity contribution in [3.05, 3.63) is 23.5 Å². The van der Waals surface area contributed by atoms with Crippen molar-refractivity contribution < 1.29 is 14.3 Å². The zero-order chi connectivity index (χ0) is 10.6. The molecule has 4 nitrogen and oxygen atoms in total. The van der Waals surface area contributed by atoms with Crippen LogP contribution in [0.15, 0.2) is 12.4 Å². The van der Waals surface area contributed by atoms with Crippen molar-refractivity contribution in [3.63, 3.8) is 0 Å². The number of carbonyl (C=O) groups excluding carboxylic acids is 1. The monoisotopic (exact) mass is 197 g/mol. The molecule has 0 bridgehead atoms. The molecule has 0 atom stereocenters. The average Bonchev–Trinajstić information content (AvgIpc) is 2.48. The Kier molecular flexibility index (Phi) is 3.71. The Morgan fingerprint density at radius 3 is 2.79 bits per heavy atom. The molecule has 0 saturated heterocycles. The lowest BCUT2D eigenvalue weighted by Gasteiger charge is -1.99. The van der Waals surface area contributed by atoms with E-state index < -0.39 is 0 Å². The number of methoxy groups -OCH3 is 1. The van der Waals surface area contributed by atoms with E-state index >= 15 is 0 Å². The first-order valence-electron chi connectivity index (χ1n) is 4.51. The lowest BCUT2D eigenvalue weighted by atomic mass is 10.2. The van der Waals surface area contributed by atoms with Gasteiger partial charge in [0, 0.05) is 19.5 Å². The summed E-state index contributed by atoms with van der Waals surface area (Å²) in [6.45, 7) is 4.51. The fraction of sp³-hybridized carbons (Fsp3) is 0.500. The molecule has 0 aliphatic carbocycles. The molecule has 1 aromatic rings. The second kappa shape index (κ2) is 4.81. The molecule has 0 spiro atoms. The number of hydrogen-bond acceptors (Lipinski definition) is 3. The van der Waals surface area contributed by atoms with Crippen LogP contribution >= 0.6 is 0 Å². The second-order valence-electron chi connectivity index (χ2n) is 3.01. The lowest BCUT2D eigenvalue weighted by Crippen LogP contribution is -2.05. The van der Waals surface area contributed by atoms with Crippen LogP contribution in [0.2, 0.25) is 0 Å². The Balaban J connectivity index is 2.81. The molecule has 0 fully saturated rings. The molecule has 0 saturated carbocycles. The quantitative estimate of drug-likeness (QED) is 0.688. The van der Waals surface area contributed by atoms with Crippen LogP contribution < -0.4 is 0 Å². The molecule has 0 unspecified atom stereocenters. The zero-order valence-electron chi connectivity index (χ0n) is 8.74. The fourth-order valence-electron chi connectivity index (χ4n) is 1.27. The largest absolute Gasteiger partial charge is 0.462 e. The van der Waals surface area contributed by atoms with Gasteiger partial charge in [-0.2, -0.15) is 0 Å². The Labute approximate surface area is 83.4 Å². The predicted molar refractivity (Wildman–Crippen MR) is 52.1 cm³/mol. The molecule has 0 radical (unpaired) electrons. The van der Waals surface area contributed by atoms with Gasteiger partial charge in [-0.3, -0.25) is 0 Å². The van der Waals surface area contributed by atoms with E-state index in [0.29, 0.717) is 18.9 Å². The van der Waals surface area contributed by atoms with Gasteiger partial charge in [-0.05, 0) is 19.4 Å². The maximum atomic E-state index is 11.4. The molecular formula is C10H15NO3. The Morgan fingerprint density at radius 1 is 1.50 bits per heavy atom. The van der Waals surface area contributed by atoms with Gasteiger partial charge < -0.3 is 14.0 Å². The maximum absolute atomic E-state index is 11.4. The first-order valence-corrected chi connectivity index (χ1v) is 4.51. The highest BCUT2D eigenvalue weighted by molar-refractivity contribution is 5.90. The van der Waals surface area contributed by atoms with Gasteiger partial charge in [0.25, 0.3) is 0 Å². The summed E-state index contributed by atoms with van der Waals surface area (Å²) in [4.78, 5) is 11.4. The highest BCUT2D eigenvalue weighted by Crippen LogP contribution is 2.10. The van der Waals surface area contributed by atoms with Gasteiger partial charge in [-0.25, -0.2) is 4.79 Å². The van der Waals surface area contributed by atoms with Crippen LogP contribution in [-0.4, -0.2) is 24.3 Å². The van der Waals surface area contributed by atoms with E-state index in [1.54, 1.807) is 20.2 Å². The summed E-state index contributed by atoms with van der Waals surface area (Å²) in [6.07, 6.45) is 3.59. The summed E-state index contributed by atoms with van der Waals surface area (Å²) < 4.78 is 11.7. The van der Waals surface area contributed by atoms with Crippen LogP contribution in [-0.2, 0) is 16.2 Å². The third-order valence-corrected chi connectivity index (χ3v) is 1.85. The first kappa shape index (κ1) is 10.8. The van der Waals surface area contributed by atoms with Crippen molar-refractivity contribution >= 4 is 5.97 Å². The molecule has 1 heterocycles. The van der Waals surface area contributed by atoms with E-state index in [9.17, 15) is 4.79 Å². The van der Waals surface area contributed by atoms with Crippen LogP contribution in [0.4, 0.5) is 0 Å². The van der Waals surface area contributed by atoms with Crippen LogP contribution in [0.3, 0.4) is 0 Å². The van der Waals surface area contributed by atoms with E-state index in [2.05, 4.69) is 0 Å². The van der Waals surface area contributed by atoms with Crippen LogP contribution in [0.25, 0.3) is 0 Å². The Bertz CT molecular complexity index is 317. The first-order chi connectivity index (χ1) is 6.69. The van der Waals surface area contributed by atoms with E-state index in [4.69, 9.17) is 9.47 Å². The van der Waals surface area contributed by atoms with Gasteiger partial charge in [-0.1, -0.05) is 0 Å². The number of rotatable bonds is 4. The van der Waals surface area contributed by atoms with Gasteiger partial charge in [-0.15, -0.1) is 0 Å². The smallest absolute Gasteiger partial charge is 0.339 e. The number of aromatic nitrogens is 1. The molecule has 1 aromatic heterocycles. The third kappa shape index (κ3) is 2.35. The molecule has 0 N–H and O–H groups in total. The molecule has 0 amide bonds. The number of nitrogens with zero attached hydrogens (tertiary/aromatic N) is 1. The zero-order valence-corrected chi connectivity index (χ0v) is 8.74. The van der Waals surface area contributed by atoms with Crippen molar-refractivity contribution in [2.24, 2.45) is 0 Å². The lowest BCUT2D eigenvalue weighted by molar-refractivity contribution is 0.0525. The highest BCUT2D eigenvalue weighted by Gasteiger charge is 2.12. The van der Waals surface area contributed by atoms with Gasteiger partial charge in [0.2, 0.25) is 0 Å². The van der Waals surface area contributed by atoms with Crippen LogP contribution in [0, 0.1) is 6.92 Å². The van der Waals surface area contributed by atoms with Gasteiger partial charge in [0.1, 0.15) is 6.73 Å². The van der Waals surface area contributed by atoms with E-state index in [-0.39, 0.29) is 5.97 Å².